The molecule has 1 aromatic heterocycles. The third-order valence-electron chi connectivity index (χ3n) is 7.53. The molecular weight excluding hydrogens is 615 g/mol. The molecule has 6 rings (SSSR count). The molecule has 1 heterocycles. The van der Waals surface area contributed by atoms with E-state index < -0.39 is 7.26 Å². The number of furan rings is 1. The van der Waals surface area contributed by atoms with Gasteiger partial charge in [-0.25, -0.2) is 4.79 Å². The number of rotatable bonds is 9. The Balaban J connectivity index is 0.00000368. The Morgan fingerprint density at radius 3 is 1.42 bits per heavy atom. The molecule has 5 aromatic carbocycles. The van der Waals surface area contributed by atoms with Gasteiger partial charge >= 0.3 is 5.97 Å². The van der Waals surface area contributed by atoms with E-state index in [1.54, 1.807) is 0 Å². The quantitative estimate of drug-likeness (QED) is 0.158. The number of hydrogen-bond donors (Lipinski definition) is 0. The van der Waals surface area contributed by atoms with Gasteiger partial charge in [-0.3, -0.25) is 0 Å². The fraction of sp³-hybridized carbons (Fsp3) is 0.0789. The van der Waals surface area contributed by atoms with Crippen molar-refractivity contribution in [2.45, 2.75) is 13.1 Å². The highest BCUT2D eigenvalue weighted by molar-refractivity contribution is 7.95. The normalized spacial score (nSPS) is 11.0. The summed E-state index contributed by atoms with van der Waals surface area (Å²) in [6.45, 7) is 2.11. The van der Waals surface area contributed by atoms with Crippen LogP contribution in [-0.2, 0) is 10.9 Å². The van der Waals surface area contributed by atoms with Gasteiger partial charge in [-0.2, -0.15) is 0 Å². The standard InChI is InChI=1S/C38H32O3P.BrH/c1-2-40-38(39)36-34(41-37(30-20-10-4-11-21-30)35(36)29-18-8-3-9-19-29)28-42(31-22-12-5-13-23-31,32-24-14-6-15-25-32)33-26-16-7-17-27-33;/h3-27H,2,28H2,1H3;1H/q+1;/p-1. The zero-order valence-electron chi connectivity index (χ0n) is 23.9. The van der Waals surface area contributed by atoms with Crippen LogP contribution < -0.4 is 32.9 Å². The third kappa shape index (κ3) is 5.99. The first-order valence-electron chi connectivity index (χ1n) is 14.2. The van der Waals surface area contributed by atoms with Crippen molar-refractivity contribution >= 4 is 29.1 Å². The van der Waals surface area contributed by atoms with Crippen LogP contribution in [0.25, 0.3) is 22.5 Å². The number of esters is 1. The Morgan fingerprint density at radius 2 is 1.00 bits per heavy atom. The molecule has 214 valence electrons. The van der Waals surface area contributed by atoms with Crippen LogP contribution in [-0.4, -0.2) is 12.6 Å². The van der Waals surface area contributed by atoms with Crippen LogP contribution in [0.4, 0.5) is 0 Å². The van der Waals surface area contributed by atoms with E-state index in [0.29, 0.717) is 23.2 Å². The van der Waals surface area contributed by atoms with Crippen LogP contribution in [0, 0.1) is 0 Å². The molecule has 43 heavy (non-hydrogen) atoms. The lowest BCUT2D eigenvalue weighted by atomic mass is 9.97. The summed E-state index contributed by atoms with van der Waals surface area (Å²) < 4.78 is 12.6. The van der Waals surface area contributed by atoms with Gasteiger partial charge in [0.1, 0.15) is 40.7 Å². The summed E-state index contributed by atoms with van der Waals surface area (Å²) in [4.78, 5) is 13.9. The van der Waals surface area contributed by atoms with E-state index in [-0.39, 0.29) is 29.6 Å². The van der Waals surface area contributed by atoms with Gasteiger partial charge in [-0.15, -0.1) is 0 Å². The van der Waals surface area contributed by atoms with Crippen LogP contribution in [0.15, 0.2) is 156 Å². The number of halogens is 1. The Bertz CT molecular complexity index is 1660. The lowest BCUT2D eigenvalue weighted by Crippen LogP contribution is -3.00. The number of carbonyl (C=O) groups is 1. The molecule has 6 aromatic rings. The van der Waals surface area contributed by atoms with Crippen LogP contribution in [0.1, 0.15) is 23.0 Å². The van der Waals surface area contributed by atoms with Gasteiger partial charge in [-0.1, -0.05) is 115 Å². The van der Waals surface area contributed by atoms with Gasteiger partial charge in [0.05, 0.1) is 6.61 Å². The SMILES string of the molecule is CCOC(=O)c1c(C[P+](c2ccccc2)(c2ccccc2)c2ccccc2)oc(-c2ccccc2)c1-c1ccccc1.[Br-]. The van der Waals surface area contributed by atoms with E-state index in [1.807, 2.05) is 85.8 Å². The van der Waals surface area contributed by atoms with Gasteiger partial charge < -0.3 is 26.1 Å². The van der Waals surface area contributed by atoms with Gasteiger partial charge in [0, 0.05) is 11.1 Å². The highest BCUT2D eigenvalue weighted by Crippen LogP contribution is 2.59. The molecule has 0 aliphatic heterocycles. The van der Waals surface area contributed by atoms with Crippen LogP contribution in [0.3, 0.4) is 0 Å². The number of benzene rings is 5. The summed E-state index contributed by atoms with van der Waals surface area (Å²) in [7, 11) is -2.35. The largest absolute Gasteiger partial charge is 1.00 e. The number of hydrogen-bond acceptors (Lipinski definition) is 3. The summed E-state index contributed by atoms with van der Waals surface area (Å²) in [5.41, 5.74) is 3.09. The van der Waals surface area contributed by atoms with E-state index in [0.717, 1.165) is 16.7 Å². The maximum Gasteiger partial charge on any atom is 0.342 e. The van der Waals surface area contributed by atoms with Gasteiger partial charge in [0.25, 0.3) is 0 Å². The Kier molecular flexibility index (Phi) is 9.72. The first-order valence-corrected chi connectivity index (χ1v) is 16.2. The second-order valence-corrected chi connectivity index (χ2v) is 13.5. The molecule has 0 aliphatic carbocycles. The molecule has 5 heteroatoms. The smallest absolute Gasteiger partial charge is 0.342 e. The molecule has 0 N–H and O–H groups in total. The molecule has 0 fully saturated rings. The predicted molar refractivity (Wildman–Crippen MR) is 174 cm³/mol. The average molecular weight is 648 g/mol. The average Bonchev–Trinajstić information content (AvgIpc) is 3.45. The molecule has 0 saturated carbocycles. The van der Waals surface area contributed by atoms with E-state index in [4.69, 9.17) is 9.15 Å². The molecule has 0 radical (unpaired) electrons. The first kappa shape index (κ1) is 30.2. The van der Waals surface area contributed by atoms with Crippen molar-refractivity contribution in [2.75, 3.05) is 6.61 Å². The van der Waals surface area contributed by atoms with Crippen molar-refractivity contribution in [1.82, 2.24) is 0 Å². The lowest BCUT2D eigenvalue weighted by Gasteiger charge is -2.27. The number of ether oxygens (including phenoxy) is 1. The molecule has 3 nitrogen and oxygen atoms in total. The summed E-state index contributed by atoms with van der Waals surface area (Å²) in [6.07, 6.45) is 0.520. The molecule has 0 atom stereocenters. The first-order chi connectivity index (χ1) is 20.7. The van der Waals surface area contributed by atoms with Gasteiger partial charge in [0.15, 0.2) is 5.76 Å². The van der Waals surface area contributed by atoms with E-state index in [1.165, 1.54) is 15.9 Å². The molecule has 0 unspecified atom stereocenters. The maximum atomic E-state index is 13.9. The molecular formula is C38H32BrO3P. The highest BCUT2D eigenvalue weighted by atomic mass is 79.9. The fourth-order valence-corrected chi connectivity index (χ4v) is 9.80. The minimum atomic E-state index is -2.35. The van der Waals surface area contributed by atoms with Crippen molar-refractivity contribution in [3.05, 3.63) is 163 Å². The minimum Gasteiger partial charge on any atom is -1.00 e. The van der Waals surface area contributed by atoms with Gasteiger partial charge in [0.2, 0.25) is 0 Å². The highest BCUT2D eigenvalue weighted by Gasteiger charge is 2.48. The van der Waals surface area contributed by atoms with Crippen molar-refractivity contribution in [1.29, 1.82) is 0 Å². The zero-order valence-corrected chi connectivity index (χ0v) is 26.4. The Morgan fingerprint density at radius 1 is 0.605 bits per heavy atom. The zero-order chi connectivity index (χ0) is 28.8. The monoisotopic (exact) mass is 646 g/mol. The Labute approximate surface area is 264 Å². The van der Waals surface area contributed by atoms with Crippen molar-refractivity contribution in [3.8, 4) is 22.5 Å². The van der Waals surface area contributed by atoms with Crippen LogP contribution >= 0.6 is 7.26 Å². The second-order valence-electron chi connectivity index (χ2n) is 10.0. The molecule has 0 spiro atoms. The van der Waals surface area contributed by atoms with Crippen molar-refractivity contribution < 1.29 is 30.9 Å². The van der Waals surface area contributed by atoms with Crippen LogP contribution in [0.2, 0.25) is 0 Å². The van der Waals surface area contributed by atoms with E-state index >= 15 is 0 Å². The second kappa shape index (κ2) is 13.8. The predicted octanol–water partition coefficient (Wildman–Crippen LogP) is 5.29. The molecule has 0 aliphatic rings. The minimum absolute atomic E-state index is 0. The van der Waals surface area contributed by atoms with E-state index in [2.05, 4.69) is 72.8 Å². The van der Waals surface area contributed by atoms with E-state index in [9.17, 15) is 4.79 Å². The summed E-state index contributed by atoms with van der Waals surface area (Å²) in [5, 5.41) is 3.66. The van der Waals surface area contributed by atoms with Gasteiger partial charge in [-0.05, 0) is 48.9 Å². The molecule has 0 bridgehead atoms. The fourth-order valence-electron chi connectivity index (χ4n) is 5.67. The van der Waals surface area contributed by atoms with Crippen molar-refractivity contribution in [2.24, 2.45) is 0 Å². The van der Waals surface area contributed by atoms with Crippen molar-refractivity contribution in [3.63, 3.8) is 0 Å². The third-order valence-corrected chi connectivity index (χ3v) is 11.8. The lowest BCUT2D eigenvalue weighted by molar-refractivity contribution is -0.0000273. The summed E-state index contributed by atoms with van der Waals surface area (Å²) >= 11 is 0. The Hall–Kier alpha value is -4.24. The summed E-state index contributed by atoms with van der Waals surface area (Å²) in [5.74, 6) is 0.938. The molecule has 0 saturated heterocycles. The van der Waals surface area contributed by atoms with Crippen LogP contribution in [0.5, 0.6) is 0 Å². The molecule has 0 amide bonds. The number of carbonyl (C=O) groups excluding carboxylic acids is 1. The topological polar surface area (TPSA) is 39.4 Å². The summed E-state index contributed by atoms with van der Waals surface area (Å²) in [6, 6.07) is 52.0. The maximum absolute atomic E-state index is 13.9.